The first kappa shape index (κ1) is 14.0. The third kappa shape index (κ3) is 4.34. The molecule has 0 atom stereocenters. The number of rotatable bonds is 6. The predicted octanol–water partition coefficient (Wildman–Crippen LogP) is 2.14. The van der Waals surface area contributed by atoms with Crippen molar-refractivity contribution >= 4 is 10.2 Å². The van der Waals surface area contributed by atoms with E-state index in [-0.39, 0.29) is 5.16 Å². The molecule has 0 aliphatic carbocycles. The van der Waals surface area contributed by atoms with Gasteiger partial charge in [0.05, 0.1) is 0 Å². The van der Waals surface area contributed by atoms with Crippen molar-refractivity contribution in [2.45, 2.75) is 24.9 Å². The van der Waals surface area contributed by atoms with E-state index in [2.05, 4.69) is 72.9 Å². The molecule has 1 N–H and O–H groups in total. The summed E-state index contributed by atoms with van der Waals surface area (Å²) >= 11 is 0. The van der Waals surface area contributed by atoms with Crippen LogP contribution in [0.1, 0.15) is 18.1 Å². The molecule has 0 aromatic heterocycles. The molecular formula is C17H23NSi. The first-order chi connectivity index (χ1) is 9.22. The maximum Gasteiger partial charge on any atom is 0.0289 e. The largest absolute Gasteiger partial charge is 0.314 e. The van der Waals surface area contributed by atoms with Gasteiger partial charge in [-0.25, -0.2) is 0 Å². The van der Waals surface area contributed by atoms with Gasteiger partial charge >= 0.3 is 0 Å². The van der Waals surface area contributed by atoms with E-state index in [4.69, 9.17) is 0 Å². The van der Waals surface area contributed by atoms with Crippen LogP contribution in [0.4, 0.5) is 0 Å². The van der Waals surface area contributed by atoms with Crippen LogP contribution in [0.5, 0.6) is 0 Å². The molecule has 0 saturated heterocycles. The van der Waals surface area contributed by atoms with Crippen LogP contribution < -0.4 is 5.32 Å². The highest BCUT2D eigenvalue weighted by Gasteiger charge is 2.23. The van der Waals surface area contributed by atoms with Crippen molar-refractivity contribution in [3.63, 3.8) is 0 Å². The fourth-order valence-corrected chi connectivity index (χ4v) is 3.88. The maximum absolute atomic E-state index is 3.72. The Hall–Kier alpha value is -1.38. The van der Waals surface area contributed by atoms with E-state index in [9.17, 15) is 0 Å². The van der Waals surface area contributed by atoms with Gasteiger partial charge in [-0.15, -0.1) is 0 Å². The molecule has 0 heterocycles. The lowest BCUT2D eigenvalue weighted by atomic mass is 9.98. The van der Waals surface area contributed by atoms with Crippen LogP contribution in [0.3, 0.4) is 0 Å². The van der Waals surface area contributed by atoms with Crippen LogP contribution in [0.2, 0.25) is 0 Å². The minimum atomic E-state index is 0.247. The van der Waals surface area contributed by atoms with Crippen LogP contribution >= 0.6 is 0 Å². The Balaban J connectivity index is 2.13. The maximum atomic E-state index is 3.72. The summed E-state index contributed by atoms with van der Waals surface area (Å²) in [6, 6.07) is 21.6. The van der Waals surface area contributed by atoms with E-state index in [1.54, 1.807) is 0 Å². The van der Waals surface area contributed by atoms with Crippen LogP contribution in [-0.4, -0.2) is 21.9 Å². The summed E-state index contributed by atoms with van der Waals surface area (Å²) in [7, 11) is 1.14. The van der Waals surface area contributed by atoms with Gasteiger partial charge in [-0.05, 0) is 30.5 Å². The highest BCUT2D eigenvalue weighted by Crippen LogP contribution is 2.16. The van der Waals surface area contributed by atoms with Crippen molar-refractivity contribution in [2.75, 3.05) is 6.54 Å². The first-order valence-corrected chi connectivity index (χ1v) is 8.05. The summed E-state index contributed by atoms with van der Waals surface area (Å²) in [6.07, 6.45) is 2.23. The fraction of sp³-hybridized carbons (Fsp3) is 0.294. The molecule has 0 bridgehead atoms. The molecule has 0 aliphatic rings. The summed E-state index contributed by atoms with van der Waals surface area (Å²) in [5, 5.41) is 3.97. The average molecular weight is 269 g/mol. The van der Waals surface area contributed by atoms with Crippen LogP contribution in [0.15, 0.2) is 60.7 Å². The zero-order valence-electron chi connectivity index (χ0n) is 11.9. The topological polar surface area (TPSA) is 12.0 Å². The van der Waals surface area contributed by atoms with Crippen molar-refractivity contribution in [1.29, 1.82) is 0 Å². The second-order valence-electron chi connectivity index (χ2n) is 5.42. The minimum absolute atomic E-state index is 0.247. The molecule has 0 unspecified atom stereocenters. The van der Waals surface area contributed by atoms with Gasteiger partial charge in [-0.2, -0.15) is 0 Å². The fourth-order valence-electron chi connectivity index (χ4n) is 2.71. The highest BCUT2D eigenvalue weighted by molar-refractivity contribution is 6.15. The van der Waals surface area contributed by atoms with E-state index < -0.39 is 0 Å². The Kier molecular flexibility index (Phi) is 4.94. The lowest BCUT2D eigenvalue weighted by Gasteiger charge is -2.31. The number of hydrogen-bond acceptors (Lipinski definition) is 1. The van der Waals surface area contributed by atoms with Gasteiger partial charge < -0.3 is 5.32 Å². The Morgan fingerprint density at radius 1 is 0.842 bits per heavy atom. The number of nitrogens with one attached hydrogen (secondary N) is 1. The normalized spacial score (nSPS) is 11.6. The highest BCUT2D eigenvalue weighted by atomic mass is 28.1. The molecule has 2 aromatic rings. The summed E-state index contributed by atoms with van der Waals surface area (Å²) in [6.45, 7) is 3.23. The minimum Gasteiger partial charge on any atom is -0.314 e. The van der Waals surface area contributed by atoms with Crippen molar-refractivity contribution in [3.05, 3.63) is 71.8 Å². The van der Waals surface area contributed by atoms with Crippen LogP contribution in [0, 0.1) is 0 Å². The lowest BCUT2D eigenvalue weighted by Crippen LogP contribution is -2.49. The molecule has 0 spiro atoms. The van der Waals surface area contributed by atoms with Crippen LogP contribution in [0.25, 0.3) is 0 Å². The molecule has 0 radical (unpaired) electrons. The van der Waals surface area contributed by atoms with Gasteiger partial charge in [-0.3, -0.25) is 0 Å². The number of benzene rings is 2. The third-order valence-corrected chi connectivity index (χ3v) is 4.54. The van der Waals surface area contributed by atoms with E-state index in [1.807, 2.05) is 0 Å². The van der Waals surface area contributed by atoms with E-state index in [0.717, 1.165) is 29.6 Å². The Morgan fingerprint density at radius 3 is 1.63 bits per heavy atom. The smallest absolute Gasteiger partial charge is 0.0289 e. The zero-order chi connectivity index (χ0) is 13.6. The van der Waals surface area contributed by atoms with Gasteiger partial charge in [0.1, 0.15) is 0 Å². The predicted molar refractivity (Wildman–Crippen MR) is 86.6 cm³/mol. The lowest BCUT2D eigenvalue weighted by molar-refractivity contribution is 0.460. The molecular weight excluding hydrogens is 246 g/mol. The van der Waals surface area contributed by atoms with Gasteiger partial charge in [0, 0.05) is 15.4 Å². The quantitative estimate of drug-likeness (QED) is 0.792. The van der Waals surface area contributed by atoms with Crippen molar-refractivity contribution in [2.24, 2.45) is 0 Å². The molecule has 100 valence electrons. The molecule has 2 heteroatoms. The van der Waals surface area contributed by atoms with Crippen molar-refractivity contribution in [1.82, 2.24) is 5.32 Å². The van der Waals surface area contributed by atoms with Crippen molar-refractivity contribution in [3.8, 4) is 0 Å². The van der Waals surface area contributed by atoms with Crippen molar-refractivity contribution < 1.29 is 0 Å². The zero-order valence-corrected chi connectivity index (χ0v) is 13.9. The van der Waals surface area contributed by atoms with E-state index >= 15 is 0 Å². The van der Waals surface area contributed by atoms with Gasteiger partial charge in [0.25, 0.3) is 0 Å². The summed E-state index contributed by atoms with van der Waals surface area (Å²) < 4.78 is 0. The number of likely N-dealkylation sites (N-methyl/N-ethyl adjacent to an activating group) is 1. The molecule has 0 saturated carbocycles. The summed E-state index contributed by atoms with van der Waals surface area (Å²) in [5.41, 5.74) is 2.85. The SMILES string of the molecule is CCNC([SiH3])(Cc1ccccc1)Cc1ccccc1. The molecule has 2 rings (SSSR count). The monoisotopic (exact) mass is 269 g/mol. The number of hydrogen-bond donors (Lipinski definition) is 1. The summed E-state index contributed by atoms with van der Waals surface area (Å²) in [4.78, 5) is 0. The Bertz CT molecular complexity index is 440. The molecule has 0 amide bonds. The van der Waals surface area contributed by atoms with E-state index in [1.165, 1.54) is 11.1 Å². The molecule has 2 aromatic carbocycles. The second-order valence-corrected chi connectivity index (χ2v) is 7.33. The van der Waals surface area contributed by atoms with Gasteiger partial charge in [-0.1, -0.05) is 67.6 Å². The van der Waals surface area contributed by atoms with E-state index in [0.29, 0.717) is 0 Å². The van der Waals surface area contributed by atoms with Gasteiger partial charge in [0.2, 0.25) is 0 Å². The second kappa shape index (κ2) is 6.69. The molecule has 1 nitrogen and oxygen atoms in total. The van der Waals surface area contributed by atoms with Crippen LogP contribution in [-0.2, 0) is 12.8 Å². The molecule has 0 aliphatic heterocycles. The standard InChI is InChI=1S/C17H23NSi/c1-2-18-17(19,13-15-9-5-3-6-10-15)14-16-11-7-4-8-12-16/h3-12,18H,2,13-14H2,1,19H3. The Labute approximate surface area is 119 Å². The third-order valence-electron chi connectivity index (χ3n) is 3.48. The average Bonchev–Trinajstić information content (AvgIpc) is 2.41. The summed E-state index contributed by atoms with van der Waals surface area (Å²) in [5.74, 6) is 0. The molecule has 0 fully saturated rings. The molecule has 19 heavy (non-hydrogen) atoms. The van der Waals surface area contributed by atoms with Gasteiger partial charge in [0.15, 0.2) is 0 Å². The first-order valence-electron chi connectivity index (χ1n) is 7.05. The Morgan fingerprint density at radius 2 is 1.26 bits per heavy atom.